The summed E-state index contributed by atoms with van der Waals surface area (Å²) in [6.07, 6.45) is 2.76. The molecule has 7 heteroatoms. The summed E-state index contributed by atoms with van der Waals surface area (Å²) in [6, 6.07) is 7.89. The second kappa shape index (κ2) is 7.07. The fourth-order valence-corrected chi connectivity index (χ4v) is 3.77. The molecule has 0 aromatic heterocycles. The Morgan fingerprint density at radius 3 is 2.36 bits per heavy atom. The Hall–Kier alpha value is -3.22. The number of amides is 3. The molecule has 4 rings (SSSR count). The van der Waals surface area contributed by atoms with E-state index >= 15 is 0 Å². The van der Waals surface area contributed by atoms with Gasteiger partial charge in [-0.05, 0) is 67.1 Å². The molecule has 3 amide bonds. The van der Waals surface area contributed by atoms with Crippen LogP contribution in [0.5, 0.6) is 0 Å². The predicted molar refractivity (Wildman–Crippen MR) is 104 cm³/mol. The van der Waals surface area contributed by atoms with Gasteiger partial charge in [-0.25, -0.2) is 4.39 Å². The van der Waals surface area contributed by atoms with E-state index in [1.54, 1.807) is 6.92 Å². The highest BCUT2D eigenvalue weighted by atomic mass is 19.1. The van der Waals surface area contributed by atoms with Crippen LogP contribution in [-0.2, 0) is 27.2 Å². The molecule has 2 heterocycles. The molecule has 2 aromatic carbocycles. The molecule has 0 saturated carbocycles. The lowest BCUT2D eigenvalue weighted by Gasteiger charge is -2.35. The monoisotopic (exact) mass is 381 g/mol. The summed E-state index contributed by atoms with van der Waals surface area (Å²) in [5.41, 5.74) is 4.18. The van der Waals surface area contributed by atoms with Gasteiger partial charge in [0.25, 0.3) is 0 Å². The number of anilines is 3. The van der Waals surface area contributed by atoms with Crippen LogP contribution in [0.4, 0.5) is 21.5 Å². The third kappa shape index (κ3) is 3.35. The number of carbonyl (C=O) groups is 3. The van der Waals surface area contributed by atoms with Crippen LogP contribution in [0.1, 0.15) is 29.5 Å². The van der Waals surface area contributed by atoms with Crippen LogP contribution in [0.2, 0.25) is 0 Å². The minimum Gasteiger partial charge on any atom is -0.318 e. The number of hydrogen-bond donors (Lipinski definition) is 2. The molecule has 0 aliphatic carbocycles. The van der Waals surface area contributed by atoms with Gasteiger partial charge in [-0.3, -0.25) is 14.4 Å². The van der Waals surface area contributed by atoms with E-state index in [1.165, 1.54) is 18.2 Å². The topological polar surface area (TPSA) is 78.5 Å². The van der Waals surface area contributed by atoms with E-state index in [-0.39, 0.29) is 11.6 Å². The molecule has 0 unspecified atom stereocenters. The third-order valence-electron chi connectivity index (χ3n) is 5.17. The number of benzene rings is 2. The number of carbonyl (C=O) groups excluding carboxylic acids is 3. The van der Waals surface area contributed by atoms with Crippen LogP contribution in [0.3, 0.4) is 0 Å². The van der Waals surface area contributed by atoms with Crippen molar-refractivity contribution in [2.24, 2.45) is 0 Å². The molecule has 2 aliphatic rings. The van der Waals surface area contributed by atoms with Crippen LogP contribution in [0.25, 0.3) is 0 Å². The standard InChI is InChI=1S/C21H20FN3O3/c1-12-4-6-15(11-17(12)22)23-20(27)21(28)24-16-9-13-3-2-8-25-18(26)7-5-14(10-16)19(13)25/h4,6,9-11H,2-3,5,7-8H2,1H3,(H,23,27)(H,24,28). The van der Waals surface area contributed by atoms with Gasteiger partial charge < -0.3 is 15.5 Å². The van der Waals surface area contributed by atoms with Crippen molar-refractivity contribution in [1.29, 1.82) is 0 Å². The van der Waals surface area contributed by atoms with Gasteiger partial charge in [0.2, 0.25) is 5.91 Å². The van der Waals surface area contributed by atoms with Gasteiger partial charge in [0.1, 0.15) is 5.82 Å². The molecule has 0 bridgehead atoms. The Kier molecular flexibility index (Phi) is 4.58. The lowest BCUT2D eigenvalue weighted by Crippen LogP contribution is -2.39. The van der Waals surface area contributed by atoms with Crippen LogP contribution >= 0.6 is 0 Å². The molecule has 0 saturated heterocycles. The first-order valence-corrected chi connectivity index (χ1v) is 9.27. The van der Waals surface area contributed by atoms with Crippen molar-refractivity contribution in [3.8, 4) is 0 Å². The van der Waals surface area contributed by atoms with Crippen molar-refractivity contribution in [2.45, 2.75) is 32.6 Å². The SMILES string of the molecule is Cc1ccc(NC(=O)C(=O)Nc2cc3c4c(c2)CCC(=O)N4CCC3)cc1F. The van der Waals surface area contributed by atoms with E-state index in [4.69, 9.17) is 0 Å². The fourth-order valence-electron chi connectivity index (χ4n) is 3.77. The third-order valence-corrected chi connectivity index (χ3v) is 5.17. The van der Waals surface area contributed by atoms with Crippen molar-refractivity contribution in [3.63, 3.8) is 0 Å². The van der Waals surface area contributed by atoms with Crippen molar-refractivity contribution < 1.29 is 18.8 Å². The Morgan fingerprint density at radius 1 is 0.964 bits per heavy atom. The molecule has 0 fully saturated rings. The number of aryl methyl sites for hydroxylation is 3. The minimum absolute atomic E-state index is 0.134. The van der Waals surface area contributed by atoms with Gasteiger partial charge in [-0.15, -0.1) is 0 Å². The van der Waals surface area contributed by atoms with Crippen molar-refractivity contribution in [2.75, 3.05) is 22.1 Å². The smallest absolute Gasteiger partial charge is 0.314 e. The van der Waals surface area contributed by atoms with Gasteiger partial charge in [0.15, 0.2) is 0 Å². The van der Waals surface area contributed by atoms with Crippen molar-refractivity contribution in [1.82, 2.24) is 0 Å². The quantitative estimate of drug-likeness (QED) is 0.785. The molecule has 0 spiro atoms. The second-order valence-corrected chi connectivity index (χ2v) is 7.16. The summed E-state index contributed by atoms with van der Waals surface area (Å²) >= 11 is 0. The molecule has 2 aliphatic heterocycles. The van der Waals surface area contributed by atoms with Crippen molar-refractivity contribution in [3.05, 3.63) is 52.8 Å². The summed E-state index contributed by atoms with van der Waals surface area (Å²) < 4.78 is 13.6. The maximum atomic E-state index is 13.6. The number of nitrogens with zero attached hydrogens (tertiary/aromatic N) is 1. The number of rotatable bonds is 2. The van der Waals surface area contributed by atoms with E-state index in [9.17, 15) is 18.8 Å². The summed E-state index contributed by atoms with van der Waals surface area (Å²) in [6.45, 7) is 2.34. The summed E-state index contributed by atoms with van der Waals surface area (Å²) in [5.74, 6) is -2.01. The predicted octanol–water partition coefficient (Wildman–Crippen LogP) is 2.94. The first-order chi connectivity index (χ1) is 13.4. The molecule has 6 nitrogen and oxygen atoms in total. The van der Waals surface area contributed by atoms with E-state index in [0.29, 0.717) is 24.1 Å². The second-order valence-electron chi connectivity index (χ2n) is 7.16. The largest absolute Gasteiger partial charge is 0.318 e. The Labute approximate surface area is 161 Å². The van der Waals surface area contributed by atoms with Gasteiger partial charge >= 0.3 is 11.8 Å². The molecule has 2 N–H and O–H groups in total. The average Bonchev–Trinajstić information content (AvgIpc) is 2.67. The highest BCUT2D eigenvalue weighted by molar-refractivity contribution is 6.43. The Morgan fingerprint density at radius 2 is 1.64 bits per heavy atom. The lowest BCUT2D eigenvalue weighted by atomic mass is 9.91. The number of hydrogen-bond acceptors (Lipinski definition) is 3. The first-order valence-electron chi connectivity index (χ1n) is 9.27. The van der Waals surface area contributed by atoms with Gasteiger partial charge in [0, 0.05) is 24.3 Å². The molecule has 144 valence electrons. The van der Waals surface area contributed by atoms with Crippen LogP contribution in [0, 0.1) is 12.7 Å². The zero-order chi connectivity index (χ0) is 19.8. The van der Waals surface area contributed by atoms with E-state index < -0.39 is 17.6 Å². The van der Waals surface area contributed by atoms with Crippen LogP contribution in [-0.4, -0.2) is 24.3 Å². The van der Waals surface area contributed by atoms with Crippen LogP contribution in [0.15, 0.2) is 30.3 Å². The fraction of sp³-hybridized carbons (Fsp3) is 0.286. The summed E-state index contributed by atoms with van der Waals surface area (Å²) in [7, 11) is 0. The Bertz CT molecular complexity index is 985. The molecule has 0 radical (unpaired) electrons. The first kappa shape index (κ1) is 18.2. The highest BCUT2D eigenvalue weighted by Gasteiger charge is 2.30. The van der Waals surface area contributed by atoms with E-state index in [2.05, 4.69) is 10.6 Å². The molecule has 28 heavy (non-hydrogen) atoms. The van der Waals surface area contributed by atoms with E-state index in [1.807, 2.05) is 17.0 Å². The maximum Gasteiger partial charge on any atom is 0.314 e. The number of nitrogens with one attached hydrogen (secondary N) is 2. The molecule has 0 atom stereocenters. The Balaban J connectivity index is 1.51. The van der Waals surface area contributed by atoms with E-state index in [0.717, 1.165) is 36.2 Å². The molecular weight excluding hydrogens is 361 g/mol. The maximum absolute atomic E-state index is 13.6. The van der Waals surface area contributed by atoms with Crippen molar-refractivity contribution >= 4 is 34.8 Å². The zero-order valence-electron chi connectivity index (χ0n) is 15.5. The zero-order valence-corrected chi connectivity index (χ0v) is 15.5. The van der Waals surface area contributed by atoms with Gasteiger partial charge in [0.05, 0.1) is 5.69 Å². The van der Waals surface area contributed by atoms with Gasteiger partial charge in [-0.2, -0.15) is 0 Å². The summed E-state index contributed by atoms with van der Waals surface area (Å²) in [5, 5.41) is 5.02. The summed E-state index contributed by atoms with van der Waals surface area (Å²) in [4.78, 5) is 38.4. The average molecular weight is 381 g/mol. The van der Waals surface area contributed by atoms with Gasteiger partial charge in [-0.1, -0.05) is 6.07 Å². The minimum atomic E-state index is -0.869. The molecule has 2 aromatic rings. The lowest BCUT2D eigenvalue weighted by molar-refractivity contribution is -0.133. The highest BCUT2D eigenvalue weighted by Crippen LogP contribution is 2.37. The van der Waals surface area contributed by atoms with Crippen LogP contribution < -0.4 is 15.5 Å². The number of halogens is 1. The molecular formula is C21H20FN3O3. The normalized spacial score (nSPS) is 15.1.